The lowest BCUT2D eigenvalue weighted by Crippen LogP contribution is -2.20. The van der Waals surface area contributed by atoms with E-state index in [1.807, 2.05) is 32.9 Å². The molecular formula is C22H24N2O5S. The molecule has 1 amide bonds. The summed E-state index contributed by atoms with van der Waals surface area (Å²) in [5.41, 5.74) is 4.08. The average molecular weight is 429 g/mol. The van der Waals surface area contributed by atoms with Crippen LogP contribution in [0.25, 0.3) is 16.5 Å². The van der Waals surface area contributed by atoms with Gasteiger partial charge in [0.25, 0.3) is 0 Å². The molecule has 0 saturated carbocycles. The van der Waals surface area contributed by atoms with Gasteiger partial charge in [0.05, 0.1) is 17.8 Å². The number of benzene rings is 2. The Bertz CT molecular complexity index is 1210. The molecular weight excluding hydrogens is 404 g/mol. The molecule has 0 fully saturated rings. The standard InChI is InChI=1S/C22H24N2O5S/c1-4-28-20-11-21-19(15(3)13-29-21)10-18(20)14(2)9-22(25)24-12-16-5-7-17(8-6-16)30(23,26)27/h5-11,13H,4,12H2,1-3H3,(H,24,25)(H2,23,26,27)/b14-9+. The van der Waals surface area contributed by atoms with Gasteiger partial charge in [-0.05, 0) is 55.7 Å². The van der Waals surface area contributed by atoms with Gasteiger partial charge in [0.2, 0.25) is 15.9 Å². The maximum absolute atomic E-state index is 12.4. The molecule has 30 heavy (non-hydrogen) atoms. The predicted octanol–water partition coefficient (Wildman–Crippen LogP) is 3.51. The number of nitrogens with two attached hydrogens (primary N) is 1. The second-order valence-electron chi connectivity index (χ2n) is 6.93. The molecule has 0 atom stereocenters. The predicted molar refractivity (Wildman–Crippen MR) is 115 cm³/mol. The van der Waals surface area contributed by atoms with Crippen molar-refractivity contribution < 1.29 is 22.4 Å². The molecule has 0 aliphatic carbocycles. The Hall–Kier alpha value is -3.10. The Morgan fingerprint density at radius 2 is 1.93 bits per heavy atom. The van der Waals surface area contributed by atoms with E-state index in [2.05, 4.69) is 5.32 Å². The molecule has 7 nitrogen and oxygen atoms in total. The number of primary sulfonamides is 1. The second kappa shape index (κ2) is 8.73. The number of fused-ring (bicyclic) bond motifs is 1. The number of carbonyl (C=O) groups is 1. The number of rotatable bonds is 7. The number of aryl methyl sites for hydroxylation is 1. The van der Waals surface area contributed by atoms with Gasteiger partial charge in [-0.15, -0.1) is 0 Å². The van der Waals surface area contributed by atoms with Gasteiger partial charge in [-0.2, -0.15) is 0 Å². The number of hydrogen-bond acceptors (Lipinski definition) is 5. The molecule has 0 spiro atoms. The molecule has 3 N–H and O–H groups in total. The third kappa shape index (κ3) is 4.90. The van der Waals surface area contributed by atoms with Crippen molar-refractivity contribution in [3.8, 4) is 5.75 Å². The fraction of sp³-hybridized carbons (Fsp3) is 0.227. The fourth-order valence-corrected chi connectivity index (χ4v) is 3.59. The highest BCUT2D eigenvalue weighted by atomic mass is 32.2. The summed E-state index contributed by atoms with van der Waals surface area (Å²) in [4.78, 5) is 12.4. The number of hydrogen-bond donors (Lipinski definition) is 2. The van der Waals surface area contributed by atoms with Crippen molar-refractivity contribution in [2.24, 2.45) is 5.14 Å². The summed E-state index contributed by atoms with van der Waals surface area (Å²) in [6.45, 7) is 6.45. The third-order valence-corrected chi connectivity index (χ3v) is 5.59. The van der Waals surface area contributed by atoms with E-state index in [1.54, 1.807) is 18.4 Å². The van der Waals surface area contributed by atoms with Crippen LogP contribution in [-0.4, -0.2) is 20.9 Å². The maximum Gasteiger partial charge on any atom is 0.244 e. The Kier molecular flexibility index (Phi) is 6.28. The van der Waals surface area contributed by atoms with Gasteiger partial charge in [-0.25, -0.2) is 13.6 Å². The van der Waals surface area contributed by atoms with E-state index in [4.69, 9.17) is 14.3 Å². The highest BCUT2D eigenvalue weighted by molar-refractivity contribution is 7.89. The Balaban J connectivity index is 1.77. The number of nitrogens with one attached hydrogen (secondary N) is 1. The first-order valence-corrected chi connectivity index (χ1v) is 11.0. The van der Waals surface area contributed by atoms with E-state index < -0.39 is 10.0 Å². The smallest absolute Gasteiger partial charge is 0.244 e. The van der Waals surface area contributed by atoms with Gasteiger partial charge < -0.3 is 14.5 Å². The Morgan fingerprint density at radius 1 is 1.23 bits per heavy atom. The number of carbonyl (C=O) groups excluding carboxylic acids is 1. The number of sulfonamides is 1. The first kappa shape index (κ1) is 21.6. The van der Waals surface area contributed by atoms with Crippen LogP contribution in [0.3, 0.4) is 0 Å². The molecule has 3 rings (SSSR count). The maximum atomic E-state index is 12.4. The highest BCUT2D eigenvalue weighted by Gasteiger charge is 2.13. The zero-order valence-corrected chi connectivity index (χ0v) is 17.9. The third-order valence-electron chi connectivity index (χ3n) is 4.66. The minimum absolute atomic E-state index is 0.0294. The number of amides is 1. The van der Waals surface area contributed by atoms with Crippen molar-refractivity contribution in [3.05, 3.63) is 65.4 Å². The van der Waals surface area contributed by atoms with Crippen LogP contribution in [-0.2, 0) is 21.4 Å². The van der Waals surface area contributed by atoms with Crippen molar-refractivity contribution in [1.29, 1.82) is 0 Å². The van der Waals surface area contributed by atoms with Gasteiger partial charge in [0, 0.05) is 29.6 Å². The number of allylic oxidation sites excluding steroid dienone is 1. The normalized spacial score (nSPS) is 12.2. The first-order chi connectivity index (χ1) is 14.2. The fourth-order valence-electron chi connectivity index (χ4n) is 3.08. The lowest BCUT2D eigenvalue weighted by molar-refractivity contribution is -0.116. The van der Waals surface area contributed by atoms with Gasteiger partial charge in [-0.3, -0.25) is 4.79 Å². The Labute approximate surface area is 175 Å². The zero-order valence-electron chi connectivity index (χ0n) is 17.1. The molecule has 0 aliphatic heterocycles. The van der Waals surface area contributed by atoms with Crippen LogP contribution in [0.2, 0.25) is 0 Å². The molecule has 1 aromatic heterocycles. The van der Waals surface area contributed by atoms with Gasteiger partial charge in [-0.1, -0.05) is 12.1 Å². The molecule has 1 heterocycles. The van der Waals surface area contributed by atoms with Crippen molar-refractivity contribution in [1.82, 2.24) is 5.32 Å². The molecule has 0 radical (unpaired) electrons. The van der Waals surface area contributed by atoms with E-state index in [9.17, 15) is 13.2 Å². The summed E-state index contributed by atoms with van der Waals surface area (Å²) in [5.74, 6) is 0.383. The van der Waals surface area contributed by atoms with Crippen molar-refractivity contribution in [3.63, 3.8) is 0 Å². The zero-order chi connectivity index (χ0) is 21.9. The topological polar surface area (TPSA) is 112 Å². The minimum atomic E-state index is -3.74. The summed E-state index contributed by atoms with van der Waals surface area (Å²) in [5, 5.41) is 8.85. The van der Waals surface area contributed by atoms with E-state index >= 15 is 0 Å². The van der Waals surface area contributed by atoms with Crippen LogP contribution >= 0.6 is 0 Å². The molecule has 0 aliphatic rings. The molecule has 158 valence electrons. The average Bonchev–Trinajstić information content (AvgIpc) is 3.05. The number of ether oxygens (including phenoxy) is 1. The quantitative estimate of drug-likeness (QED) is 0.560. The van der Waals surface area contributed by atoms with E-state index in [-0.39, 0.29) is 17.3 Å². The van der Waals surface area contributed by atoms with Gasteiger partial charge in [0.15, 0.2) is 0 Å². The van der Waals surface area contributed by atoms with Crippen molar-refractivity contribution >= 4 is 32.5 Å². The Morgan fingerprint density at radius 3 is 2.57 bits per heavy atom. The lowest BCUT2D eigenvalue weighted by atomic mass is 10.0. The minimum Gasteiger partial charge on any atom is -0.493 e. The number of furan rings is 1. The molecule has 0 saturated heterocycles. The first-order valence-electron chi connectivity index (χ1n) is 9.42. The molecule has 2 aromatic carbocycles. The molecule has 8 heteroatoms. The summed E-state index contributed by atoms with van der Waals surface area (Å²) in [7, 11) is -3.74. The van der Waals surface area contributed by atoms with E-state index in [1.165, 1.54) is 18.2 Å². The highest BCUT2D eigenvalue weighted by Crippen LogP contribution is 2.33. The largest absolute Gasteiger partial charge is 0.493 e. The van der Waals surface area contributed by atoms with Crippen LogP contribution in [0.4, 0.5) is 0 Å². The molecule has 0 bridgehead atoms. The molecule has 0 unspecified atom stereocenters. The van der Waals surface area contributed by atoms with E-state index in [0.717, 1.165) is 33.2 Å². The van der Waals surface area contributed by atoms with E-state index in [0.29, 0.717) is 12.4 Å². The summed E-state index contributed by atoms with van der Waals surface area (Å²) < 4.78 is 33.9. The van der Waals surface area contributed by atoms with Crippen LogP contribution in [0, 0.1) is 6.92 Å². The van der Waals surface area contributed by atoms with Crippen molar-refractivity contribution in [2.45, 2.75) is 32.2 Å². The second-order valence-corrected chi connectivity index (χ2v) is 8.49. The SMILES string of the molecule is CCOc1cc2occ(C)c2cc1/C(C)=C/C(=O)NCc1ccc(S(N)(=O)=O)cc1. The van der Waals surface area contributed by atoms with Crippen molar-refractivity contribution in [2.75, 3.05) is 6.61 Å². The van der Waals surface area contributed by atoms with Crippen LogP contribution in [0.5, 0.6) is 5.75 Å². The van der Waals surface area contributed by atoms with Crippen LogP contribution < -0.4 is 15.2 Å². The van der Waals surface area contributed by atoms with Gasteiger partial charge >= 0.3 is 0 Å². The summed E-state index contributed by atoms with van der Waals surface area (Å²) >= 11 is 0. The summed E-state index contributed by atoms with van der Waals surface area (Å²) in [6, 6.07) is 9.84. The molecule has 3 aromatic rings. The van der Waals surface area contributed by atoms with Crippen LogP contribution in [0.15, 0.2) is 58.1 Å². The lowest BCUT2D eigenvalue weighted by Gasteiger charge is -2.11. The van der Waals surface area contributed by atoms with Crippen LogP contribution in [0.1, 0.15) is 30.5 Å². The summed E-state index contributed by atoms with van der Waals surface area (Å²) in [6.07, 6.45) is 3.20. The monoisotopic (exact) mass is 428 g/mol. The van der Waals surface area contributed by atoms with Gasteiger partial charge in [0.1, 0.15) is 11.3 Å².